The van der Waals surface area contributed by atoms with Gasteiger partial charge in [-0.1, -0.05) is 0 Å². The van der Waals surface area contributed by atoms with Gasteiger partial charge in [0.15, 0.2) is 0 Å². The van der Waals surface area contributed by atoms with E-state index in [0.29, 0.717) is 0 Å². The van der Waals surface area contributed by atoms with Crippen LogP contribution in [0.1, 0.15) is 30.1 Å². The zero-order valence-electron chi connectivity index (χ0n) is 10.2. The van der Waals surface area contributed by atoms with Crippen molar-refractivity contribution in [3.8, 4) is 0 Å². The van der Waals surface area contributed by atoms with Crippen LogP contribution in [0.15, 0.2) is 18.2 Å². The van der Waals surface area contributed by atoms with E-state index in [1.54, 1.807) is 0 Å². The first-order chi connectivity index (χ1) is 8.58. The van der Waals surface area contributed by atoms with Gasteiger partial charge in [0.1, 0.15) is 11.6 Å². The largest absolute Gasteiger partial charge is 0.348 e. The van der Waals surface area contributed by atoms with Crippen molar-refractivity contribution in [2.75, 3.05) is 6.54 Å². The Balaban J connectivity index is 2.07. The van der Waals surface area contributed by atoms with Crippen LogP contribution in [0.5, 0.6) is 0 Å². The lowest BCUT2D eigenvalue weighted by Gasteiger charge is -2.30. The normalized spacial score (nSPS) is 23.7. The highest BCUT2D eigenvalue weighted by Gasteiger charge is 2.23. The van der Waals surface area contributed by atoms with Crippen molar-refractivity contribution in [3.05, 3.63) is 35.4 Å². The molecule has 1 aromatic carbocycles. The van der Waals surface area contributed by atoms with Crippen LogP contribution in [0.2, 0.25) is 0 Å². The van der Waals surface area contributed by atoms with Crippen LogP contribution in [0, 0.1) is 11.6 Å². The van der Waals surface area contributed by atoms with Crippen LogP contribution < -0.4 is 10.6 Å². The molecule has 0 saturated carbocycles. The Morgan fingerprint density at radius 2 is 2.22 bits per heavy atom. The number of nitrogens with one attached hydrogen (secondary N) is 2. The molecular formula is C13H16F2N2O. The summed E-state index contributed by atoms with van der Waals surface area (Å²) in [7, 11) is 0. The quantitative estimate of drug-likeness (QED) is 0.845. The standard InChI is InChI=1S/C13H16F2N2O/c1-8-12(3-2-6-16-8)17-13(18)10-5-4-9(14)7-11(10)15/h4-5,7-8,12,16H,2-3,6H2,1H3,(H,17,18)/t8-,12-/m0/s1. The van der Waals surface area contributed by atoms with E-state index in [2.05, 4.69) is 10.6 Å². The lowest BCUT2D eigenvalue weighted by Crippen LogP contribution is -2.52. The van der Waals surface area contributed by atoms with Crippen molar-refractivity contribution in [1.82, 2.24) is 10.6 Å². The van der Waals surface area contributed by atoms with Crippen LogP contribution in [-0.2, 0) is 0 Å². The number of hydrogen-bond donors (Lipinski definition) is 2. The Kier molecular flexibility index (Phi) is 3.91. The van der Waals surface area contributed by atoms with Gasteiger partial charge in [0.05, 0.1) is 5.56 Å². The predicted molar refractivity (Wildman–Crippen MR) is 64.3 cm³/mol. The van der Waals surface area contributed by atoms with Gasteiger partial charge in [-0.3, -0.25) is 4.79 Å². The average Bonchev–Trinajstić information content (AvgIpc) is 2.32. The van der Waals surface area contributed by atoms with E-state index in [1.165, 1.54) is 6.07 Å². The summed E-state index contributed by atoms with van der Waals surface area (Å²) < 4.78 is 26.2. The van der Waals surface area contributed by atoms with Crippen molar-refractivity contribution < 1.29 is 13.6 Å². The van der Waals surface area contributed by atoms with Crippen LogP contribution in [0.4, 0.5) is 8.78 Å². The van der Waals surface area contributed by atoms with Crippen LogP contribution in [-0.4, -0.2) is 24.5 Å². The van der Waals surface area contributed by atoms with Gasteiger partial charge < -0.3 is 10.6 Å². The smallest absolute Gasteiger partial charge is 0.254 e. The molecule has 1 aliphatic rings. The van der Waals surface area contributed by atoms with Crippen LogP contribution >= 0.6 is 0 Å². The maximum absolute atomic E-state index is 13.4. The second-order valence-corrected chi connectivity index (χ2v) is 4.59. The van der Waals surface area contributed by atoms with Crippen molar-refractivity contribution in [2.24, 2.45) is 0 Å². The lowest BCUT2D eigenvalue weighted by molar-refractivity contribution is 0.0915. The fourth-order valence-electron chi connectivity index (χ4n) is 2.16. The summed E-state index contributed by atoms with van der Waals surface area (Å²) in [6, 6.07) is 3.11. The number of carbonyl (C=O) groups excluding carboxylic acids is 1. The second kappa shape index (κ2) is 5.44. The molecule has 0 bridgehead atoms. The molecule has 2 rings (SSSR count). The third-order valence-electron chi connectivity index (χ3n) is 3.25. The zero-order valence-corrected chi connectivity index (χ0v) is 10.2. The fourth-order valence-corrected chi connectivity index (χ4v) is 2.16. The SMILES string of the molecule is C[C@@H]1NCCC[C@@H]1NC(=O)c1ccc(F)cc1F. The minimum absolute atomic E-state index is 0.0179. The maximum atomic E-state index is 13.4. The van der Waals surface area contributed by atoms with Gasteiger partial charge in [-0.05, 0) is 38.4 Å². The first kappa shape index (κ1) is 13.0. The highest BCUT2D eigenvalue weighted by molar-refractivity contribution is 5.94. The molecule has 1 aliphatic heterocycles. The highest BCUT2D eigenvalue weighted by atomic mass is 19.1. The molecule has 5 heteroatoms. The van der Waals surface area contributed by atoms with Crippen molar-refractivity contribution in [1.29, 1.82) is 0 Å². The van der Waals surface area contributed by atoms with E-state index >= 15 is 0 Å². The van der Waals surface area contributed by atoms with Crippen LogP contribution in [0.3, 0.4) is 0 Å². The van der Waals surface area contributed by atoms with E-state index in [0.717, 1.165) is 31.5 Å². The van der Waals surface area contributed by atoms with Gasteiger partial charge in [-0.2, -0.15) is 0 Å². The molecule has 1 aromatic rings. The summed E-state index contributed by atoms with van der Waals surface area (Å²) in [6.07, 6.45) is 1.84. The monoisotopic (exact) mass is 254 g/mol. The molecule has 18 heavy (non-hydrogen) atoms. The summed E-state index contributed by atoms with van der Waals surface area (Å²) in [5.74, 6) is -2.01. The van der Waals surface area contributed by atoms with Gasteiger partial charge in [0, 0.05) is 18.2 Å². The summed E-state index contributed by atoms with van der Waals surface area (Å²) in [5.41, 5.74) is -0.117. The number of carbonyl (C=O) groups is 1. The third-order valence-corrected chi connectivity index (χ3v) is 3.25. The Morgan fingerprint density at radius 1 is 1.44 bits per heavy atom. The molecule has 98 valence electrons. The summed E-state index contributed by atoms with van der Waals surface area (Å²) in [5, 5.41) is 6.03. The van der Waals surface area contributed by atoms with E-state index in [1.807, 2.05) is 6.92 Å². The maximum Gasteiger partial charge on any atom is 0.254 e. The Labute approximate surface area is 105 Å². The third kappa shape index (κ3) is 2.85. The van der Waals surface area contributed by atoms with E-state index in [4.69, 9.17) is 0 Å². The van der Waals surface area contributed by atoms with Gasteiger partial charge in [-0.15, -0.1) is 0 Å². The van der Waals surface area contributed by atoms with Gasteiger partial charge in [-0.25, -0.2) is 8.78 Å². The Hall–Kier alpha value is -1.49. The molecule has 1 saturated heterocycles. The highest BCUT2D eigenvalue weighted by Crippen LogP contribution is 2.12. The molecule has 2 N–H and O–H groups in total. The van der Waals surface area contributed by atoms with Crippen molar-refractivity contribution in [3.63, 3.8) is 0 Å². The number of amides is 1. The van der Waals surface area contributed by atoms with E-state index in [-0.39, 0.29) is 17.6 Å². The van der Waals surface area contributed by atoms with Gasteiger partial charge in [0.25, 0.3) is 5.91 Å². The van der Waals surface area contributed by atoms with E-state index < -0.39 is 17.5 Å². The minimum Gasteiger partial charge on any atom is -0.348 e. The van der Waals surface area contributed by atoms with Gasteiger partial charge >= 0.3 is 0 Å². The van der Waals surface area contributed by atoms with Crippen molar-refractivity contribution in [2.45, 2.75) is 31.8 Å². The predicted octanol–water partition coefficient (Wildman–Crippen LogP) is 1.84. The number of hydrogen-bond acceptors (Lipinski definition) is 2. The number of benzene rings is 1. The van der Waals surface area contributed by atoms with Crippen LogP contribution in [0.25, 0.3) is 0 Å². The molecule has 1 fully saturated rings. The minimum atomic E-state index is -0.830. The molecule has 3 nitrogen and oxygen atoms in total. The number of halogens is 2. The fraction of sp³-hybridized carbons (Fsp3) is 0.462. The summed E-state index contributed by atoms with van der Waals surface area (Å²) in [6.45, 7) is 2.91. The van der Waals surface area contributed by atoms with Crippen molar-refractivity contribution >= 4 is 5.91 Å². The molecule has 2 atom stereocenters. The molecule has 1 amide bonds. The molecule has 0 unspecified atom stereocenters. The second-order valence-electron chi connectivity index (χ2n) is 4.59. The lowest BCUT2D eigenvalue weighted by atomic mass is 9.99. The number of rotatable bonds is 2. The van der Waals surface area contributed by atoms with E-state index in [9.17, 15) is 13.6 Å². The zero-order chi connectivity index (χ0) is 13.1. The van der Waals surface area contributed by atoms with Gasteiger partial charge in [0.2, 0.25) is 0 Å². The molecule has 0 aromatic heterocycles. The molecular weight excluding hydrogens is 238 g/mol. The Bertz CT molecular complexity index is 451. The number of piperidine rings is 1. The molecule has 0 aliphatic carbocycles. The summed E-state index contributed by atoms with van der Waals surface area (Å²) in [4.78, 5) is 11.9. The summed E-state index contributed by atoms with van der Waals surface area (Å²) >= 11 is 0. The topological polar surface area (TPSA) is 41.1 Å². The molecule has 1 heterocycles. The first-order valence-electron chi connectivity index (χ1n) is 6.07. The average molecular weight is 254 g/mol. The molecule has 0 spiro atoms. The molecule has 0 radical (unpaired) electrons. The Morgan fingerprint density at radius 3 is 2.89 bits per heavy atom. The first-order valence-corrected chi connectivity index (χ1v) is 6.07.